The number of thioether (sulfide) groups is 1. The van der Waals surface area contributed by atoms with Crippen LogP contribution in [0.1, 0.15) is 24.2 Å². The molecule has 0 saturated carbocycles. The van der Waals surface area contributed by atoms with Crippen LogP contribution in [0, 0.1) is 5.82 Å². The van der Waals surface area contributed by atoms with Crippen LogP contribution >= 0.6 is 11.8 Å². The van der Waals surface area contributed by atoms with E-state index in [0.717, 1.165) is 0 Å². The van der Waals surface area contributed by atoms with Gasteiger partial charge in [0, 0.05) is 10.8 Å². The normalized spacial score (nSPS) is 14.7. The van der Waals surface area contributed by atoms with E-state index in [9.17, 15) is 14.3 Å². The lowest BCUT2D eigenvalue weighted by Crippen LogP contribution is -2.15. The average molecular weight is 228 g/mol. The van der Waals surface area contributed by atoms with Crippen molar-refractivity contribution < 1.29 is 14.3 Å². The molecule has 0 spiro atoms. The van der Waals surface area contributed by atoms with Crippen molar-refractivity contribution in [2.75, 3.05) is 0 Å². The number of carbonyl (C=O) groups is 1. The molecule has 2 unspecified atom stereocenters. The number of carbonyl (C=O) groups excluding carboxylic acids is 1. The van der Waals surface area contributed by atoms with Crippen LogP contribution in [0.3, 0.4) is 0 Å². The summed E-state index contributed by atoms with van der Waals surface area (Å²) in [6, 6.07) is 4.37. The summed E-state index contributed by atoms with van der Waals surface area (Å²) in [5, 5.41) is 9.15. The Morgan fingerprint density at radius 2 is 2.13 bits per heavy atom. The topological polar surface area (TPSA) is 37.3 Å². The van der Waals surface area contributed by atoms with Crippen molar-refractivity contribution in [1.82, 2.24) is 0 Å². The number of benzene rings is 1. The maximum absolute atomic E-state index is 13.4. The van der Waals surface area contributed by atoms with E-state index in [1.165, 1.54) is 23.9 Å². The SMILES string of the molecule is CC(O)C(C)Sc1c(F)cccc1C=O. The van der Waals surface area contributed by atoms with Crippen molar-refractivity contribution in [3.63, 3.8) is 0 Å². The number of aldehydes is 1. The molecule has 2 atom stereocenters. The van der Waals surface area contributed by atoms with Gasteiger partial charge in [0.05, 0.1) is 11.0 Å². The van der Waals surface area contributed by atoms with Crippen LogP contribution in [0.5, 0.6) is 0 Å². The summed E-state index contributed by atoms with van der Waals surface area (Å²) >= 11 is 1.17. The zero-order chi connectivity index (χ0) is 11.4. The number of aliphatic hydroxyl groups excluding tert-OH is 1. The monoisotopic (exact) mass is 228 g/mol. The molecule has 4 heteroatoms. The van der Waals surface area contributed by atoms with E-state index in [2.05, 4.69) is 0 Å². The number of halogens is 1. The number of hydrogen-bond donors (Lipinski definition) is 1. The van der Waals surface area contributed by atoms with Gasteiger partial charge in [-0.3, -0.25) is 4.79 Å². The number of aliphatic hydroxyl groups is 1. The van der Waals surface area contributed by atoms with Gasteiger partial charge in [-0.1, -0.05) is 19.1 Å². The fourth-order valence-corrected chi connectivity index (χ4v) is 2.03. The summed E-state index contributed by atoms with van der Waals surface area (Å²) in [6.07, 6.45) is 0.0781. The van der Waals surface area contributed by atoms with Gasteiger partial charge in [-0.25, -0.2) is 4.39 Å². The molecular weight excluding hydrogens is 215 g/mol. The molecule has 1 rings (SSSR count). The van der Waals surface area contributed by atoms with Gasteiger partial charge in [-0.05, 0) is 13.0 Å². The molecule has 0 aliphatic rings. The quantitative estimate of drug-likeness (QED) is 0.635. The molecule has 0 aliphatic carbocycles. The van der Waals surface area contributed by atoms with Gasteiger partial charge < -0.3 is 5.11 Å². The fourth-order valence-electron chi connectivity index (χ4n) is 1.03. The summed E-state index contributed by atoms with van der Waals surface area (Å²) in [5.41, 5.74) is 0.326. The molecule has 82 valence electrons. The van der Waals surface area contributed by atoms with Crippen LogP contribution in [0.15, 0.2) is 23.1 Å². The smallest absolute Gasteiger partial charge is 0.151 e. The zero-order valence-corrected chi connectivity index (χ0v) is 9.42. The average Bonchev–Trinajstić information content (AvgIpc) is 2.20. The van der Waals surface area contributed by atoms with Gasteiger partial charge >= 0.3 is 0 Å². The van der Waals surface area contributed by atoms with Crippen molar-refractivity contribution in [3.05, 3.63) is 29.6 Å². The van der Waals surface area contributed by atoms with E-state index in [-0.39, 0.29) is 5.25 Å². The number of rotatable bonds is 4. The van der Waals surface area contributed by atoms with E-state index in [4.69, 9.17) is 0 Å². The predicted octanol–water partition coefficient (Wildman–Crippen LogP) is 2.50. The van der Waals surface area contributed by atoms with Crippen LogP contribution in [0.25, 0.3) is 0 Å². The predicted molar refractivity (Wildman–Crippen MR) is 58.8 cm³/mol. The Bertz CT molecular complexity index is 352. The van der Waals surface area contributed by atoms with Crippen LogP contribution in [0.2, 0.25) is 0 Å². The Hall–Kier alpha value is -0.870. The molecule has 2 nitrogen and oxygen atoms in total. The Labute approximate surface area is 92.5 Å². The van der Waals surface area contributed by atoms with Crippen LogP contribution < -0.4 is 0 Å². The summed E-state index contributed by atoms with van der Waals surface area (Å²) in [5.74, 6) is -0.419. The van der Waals surface area contributed by atoms with Gasteiger partial charge in [0.2, 0.25) is 0 Å². The third-order valence-electron chi connectivity index (χ3n) is 2.11. The van der Waals surface area contributed by atoms with Crippen LogP contribution in [-0.4, -0.2) is 22.7 Å². The van der Waals surface area contributed by atoms with Gasteiger partial charge in [0.1, 0.15) is 5.82 Å². The Morgan fingerprint density at radius 3 is 2.67 bits per heavy atom. The first-order chi connectivity index (χ1) is 7.06. The molecule has 0 aliphatic heterocycles. The van der Waals surface area contributed by atoms with Crippen LogP contribution in [0.4, 0.5) is 4.39 Å². The second kappa shape index (κ2) is 5.28. The van der Waals surface area contributed by atoms with E-state index < -0.39 is 11.9 Å². The lowest BCUT2D eigenvalue weighted by molar-refractivity contribution is 0.112. The lowest BCUT2D eigenvalue weighted by Gasteiger charge is -2.15. The minimum absolute atomic E-state index is 0.152. The molecule has 1 aromatic rings. The summed E-state index contributed by atoms with van der Waals surface area (Å²) in [4.78, 5) is 11.0. The lowest BCUT2D eigenvalue weighted by atomic mass is 10.2. The van der Waals surface area contributed by atoms with Gasteiger partial charge in [-0.15, -0.1) is 11.8 Å². The van der Waals surface area contributed by atoms with Crippen LogP contribution in [-0.2, 0) is 0 Å². The molecule has 1 aromatic carbocycles. The largest absolute Gasteiger partial charge is 0.392 e. The summed E-state index contributed by atoms with van der Waals surface area (Å²) in [7, 11) is 0. The molecule has 0 heterocycles. The Kier molecular flexibility index (Phi) is 4.29. The van der Waals surface area contributed by atoms with Crippen molar-refractivity contribution in [2.24, 2.45) is 0 Å². The molecule has 0 bridgehead atoms. The van der Waals surface area contributed by atoms with E-state index in [1.54, 1.807) is 19.9 Å². The van der Waals surface area contributed by atoms with Crippen molar-refractivity contribution >= 4 is 18.0 Å². The maximum atomic E-state index is 13.4. The second-order valence-corrected chi connectivity index (χ2v) is 4.73. The standard InChI is InChI=1S/C11H13FO2S/c1-7(14)8(2)15-11-9(6-13)4-3-5-10(11)12/h3-8,14H,1-2H3. The summed E-state index contributed by atoms with van der Waals surface area (Å²) in [6.45, 7) is 3.43. The fraction of sp³-hybridized carbons (Fsp3) is 0.364. The molecule has 0 amide bonds. The Balaban J connectivity index is 2.97. The minimum atomic E-state index is -0.547. The molecule has 15 heavy (non-hydrogen) atoms. The molecule has 0 saturated heterocycles. The van der Waals surface area contributed by atoms with E-state index in [0.29, 0.717) is 16.7 Å². The first-order valence-electron chi connectivity index (χ1n) is 4.64. The van der Waals surface area contributed by atoms with E-state index >= 15 is 0 Å². The Morgan fingerprint density at radius 1 is 1.47 bits per heavy atom. The van der Waals surface area contributed by atoms with E-state index in [1.807, 2.05) is 0 Å². The highest BCUT2D eigenvalue weighted by Gasteiger charge is 2.15. The number of hydrogen-bond acceptors (Lipinski definition) is 3. The molecule has 0 fully saturated rings. The minimum Gasteiger partial charge on any atom is -0.392 e. The third-order valence-corrected chi connectivity index (χ3v) is 3.54. The highest BCUT2D eigenvalue weighted by Crippen LogP contribution is 2.30. The highest BCUT2D eigenvalue weighted by molar-refractivity contribution is 8.00. The zero-order valence-electron chi connectivity index (χ0n) is 8.61. The highest BCUT2D eigenvalue weighted by atomic mass is 32.2. The first kappa shape index (κ1) is 12.2. The molecular formula is C11H13FO2S. The molecule has 0 radical (unpaired) electrons. The summed E-state index contributed by atoms with van der Waals surface area (Å²) < 4.78 is 13.4. The molecule has 0 aromatic heterocycles. The van der Waals surface area contributed by atoms with Gasteiger partial charge in [0.25, 0.3) is 0 Å². The van der Waals surface area contributed by atoms with Crippen molar-refractivity contribution in [2.45, 2.75) is 30.1 Å². The third kappa shape index (κ3) is 3.04. The molecule has 1 N–H and O–H groups in total. The van der Waals surface area contributed by atoms with Gasteiger partial charge in [0.15, 0.2) is 6.29 Å². The van der Waals surface area contributed by atoms with Gasteiger partial charge in [-0.2, -0.15) is 0 Å². The van der Waals surface area contributed by atoms with Crippen molar-refractivity contribution in [1.29, 1.82) is 0 Å². The second-order valence-electron chi connectivity index (χ2n) is 3.34. The maximum Gasteiger partial charge on any atom is 0.151 e. The van der Waals surface area contributed by atoms with Crippen molar-refractivity contribution in [3.8, 4) is 0 Å². The first-order valence-corrected chi connectivity index (χ1v) is 5.52.